The Hall–Kier alpha value is -3.06. The van der Waals surface area contributed by atoms with Gasteiger partial charge in [0.1, 0.15) is 11.6 Å². The van der Waals surface area contributed by atoms with Crippen molar-refractivity contribution in [1.29, 1.82) is 5.26 Å². The number of carbonyl (C=O) groups is 1. The summed E-state index contributed by atoms with van der Waals surface area (Å²) in [5.41, 5.74) is 4.77. The minimum Gasteiger partial charge on any atom is -0.360 e. The summed E-state index contributed by atoms with van der Waals surface area (Å²) in [6, 6.07) is 15.6. The van der Waals surface area contributed by atoms with Crippen LogP contribution in [0.25, 0.3) is 0 Å². The summed E-state index contributed by atoms with van der Waals surface area (Å²) >= 11 is 0. The molecule has 0 aromatic heterocycles. The topological polar surface area (TPSA) is 64.9 Å². The molecule has 0 aliphatic rings. The fraction of sp³-hybridized carbons (Fsp3) is 0.200. The van der Waals surface area contributed by atoms with Gasteiger partial charge in [-0.1, -0.05) is 37.3 Å². The molecule has 0 saturated carbocycles. The lowest BCUT2D eigenvalue weighted by atomic mass is 10.1. The molecule has 2 aromatic rings. The summed E-state index contributed by atoms with van der Waals surface area (Å²) in [6.45, 7) is 5.96. The molecule has 2 aromatic carbocycles. The molecule has 2 rings (SSSR count). The molecule has 0 aliphatic heterocycles. The number of anilines is 2. The molecule has 2 N–H and O–H groups in total. The van der Waals surface area contributed by atoms with Crippen molar-refractivity contribution >= 4 is 17.3 Å². The second kappa shape index (κ2) is 7.98. The van der Waals surface area contributed by atoms with Crippen LogP contribution in [-0.4, -0.2) is 5.91 Å². The molecule has 0 saturated heterocycles. The van der Waals surface area contributed by atoms with E-state index in [1.807, 2.05) is 69.3 Å². The van der Waals surface area contributed by atoms with Gasteiger partial charge < -0.3 is 10.6 Å². The minimum absolute atomic E-state index is 0.0295. The van der Waals surface area contributed by atoms with Gasteiger partial charge in [-0.05, 0) is 49.1 Å². The van der Waals surface area contributed by atoms with E-state index >= 15 is 0 Å². The number of nitrogens with one attached hydrogen (secondary N) is 2. The van der Waals surface area contributed by atoms with E-state index in [-0.39, 0.29) is 5.57 Å². The largest absolute Gasteiger partial charge is 0.360 e. The molecule has 1 amide bonds. The van der Waals surface area contributed by atoms with E-state index < -0.39 is 5.91 Å². The van der Waals surface area contributed by atoms with Crippen LogP contribution in [-0.2, 0) is 11.2 Å². The Balaban J connectivity index is 2.18. The van der Waals surface area contributed by atoms with Crippen LogP contribution in [0.4, 0.5) is 11.4 Å². The third-order valence-electron chi connectivity index (χ3n) is 3.74. The van der Waals surface area contributed by atoms with Crippen molar-refractivity contribution in [3.8, 4) is 6.07 Å². The lowest BCUT2D eigenvalue weighted by Crippen LogP contribution is -2.16. The third-order valence-corrected chi connectivity index (χ3v) is 3.74. The maximum atomic E-state index is 12.4. The van der Waals surface area contributed by atoms with Crippen molar-refractivity contribution < 1.29 is 4.79 Å². The van der Waals surface area contributed by atoms with Crippen LogP contribution in [0, 0.1) is 25.2 Å². The summed E-state index contributed by atoms with van der Waals surface area (Å²) < 4.78 is 0. The van der Waals surface area contributed by atoms with Crippen LogP contribution in [0.15, 0.2) is 54.2 Å². The number of nitriles is 1. The minimum atomic E-state index is -0.415. The summed E-state index contributed by atoms with van der Waals surface area (Å²) in [7, 11) is 0. The standard InChI is InChI=1S/C20H21N3O/c1-4-16-9-6-8-15(3)19(16)23-20(24)17(12-21)13-22-18-10-5-7-14(2)11-18/h5-11,13,22H,4H2,1-3H3,(H,23,24)/b17-13-. The van der Waals surface area contributed by atoms with Gasteiger partial charge in [-0.3, -0.25) is 4.79 Å². The summed E-state index contributed by atoms with van der Waals surface area (Å²) in [5, 5.41) is 15.1. The number of hydrogen-bond donors (Lipinski definition) is 2. The van der Waals surface area contributed by atoms with Crippen molar-refractivity contribution in [2.75, 3.05) is 10.6 Å². The van der Waals surface area contributed by atoms with Crippen LogP contribution >= 0.6 is 0 Å². The zero-order valence-electron chi connectivity index (χ0n) is 14.2. The van der Waals surface area contributed by atoms with Crippen LogP contribution in [0.3, 0.4) is 0 Å². The average molecular weight is 319 g/mol. The molecular formula is C20H21N3O. The number of rotatable bonds is 5. The van der Waals surface area contributed by atoms with Crippen LogP contribution in [0.1, 0.15) is 23.6 Å². The van der Waals surface area contributed by atoms with Gasteiger partial charge >= 0.3 is 0 Å². The van der Waals surface area contributed by atoms with E-state index in [0.29, 0.717) is 0 Å². The summed E-state index contributed by atoms with van der Waals surface area (Å²) in [4.78, 5) is 12.4. The van der Waals surface area contributed by atoms with Gasteiger partial charge in [-0.2, -0.15) is 5.26 Å². The van der Waals surface area contributed by atoms with Gasteiger partial charge in [-0.25, -0.2) is 0 Å². The Labute approximate surface area is 142 Å². The van der Waals surface area contributed by atoms with E-state index in [1.165, 1.54) is 6.20 Å². The first-order chi connectivity index (χ1) is 11.5. The number of amides is 1. The van der Waals surface area contributed by atoms with Crippen molar-refractivity contribution in [3.05, 3.63) is 70.9 Å². The Morgan fingerprint density at radius 2 is 1.96 bits per heavy atom. The smallest absolute Gasteiger partial charge is 0.267 e. The van der Waals surface area contributed by atoms with Crippen LogP contribution in [0.2, 0.25) is 0 Å². The molecule has 0 heterocycles. The predicted molar refractivity (Wildman–Crippen MR) is 97.7 cm³/mol. The molecule has 0 radical (unpaired) electrons. The number of hydrogen-bond acceptors (Lipinski definition) is 3. The Morgan fingerprint density at radius 1 is 1.21 bits per heavy atom. The first-order valence-corrected chi connectivity index (χ1v) is 7.88. The van der Waals surface area contributed by atoms with Crippen LogP contribution < -0.4 is 10.6 Å². The predicted octanol–water partition coefficient (Wildman–Crippen LogP) is 4.32. The van der Waals surface area contributed by atoms with E-state index in [0.717, 1.165) is 34.5 Å². The summed E-state index contributed by atoms with van der Waals surface area (Å²) in [6.07, 6.45) is 2.25. The molecule has 0 fully saturated rings. The highest BCUT2D eigenvalue weighted by Crippen LogP contribution is 2.21. The maximum Gasteiger partial charge on any atom is 0.267 e. The van der Waals surface area contributed by atoms with E-state index in [4.69, 9.17) is 0 Å². The van der Waals surface area contributed by atoms with Crippen molar-refractivity contribution in [1.82, 2.24) is 0 Å². The molecule has 0 aliphatic carbocycles. The number of para-hydroxylation sites is 1. The molecular weight excluding hydrogens is 298 g/mol. The Kier molecular flexibility index (Phi) is 5.75. The van der Waals surface area contributed by atoms with Gasteiger partial charge in [0.2, 0.25) is 0 Å². The zero-order valence-corrected chi connectivity index (χ0v) is 14.2. The number of carbonyl (C=O) groups excluding carboxylic acids is 1. The number of benzene rings is 2. The Morgan fingerprint density at radius 3 is 2.62 bits per heavy atom. The third kappa shape index (κ3) is 4.23. The van der Waals surface area contributed by atoms with E-state index in [9.17, 15) is 10.1 Å². The molecule has 0 unspecified atom stereocenters. The fourth-order valence-corrected chi connectivity index (χ4v) is 2.42. The molecule has 0 atom stereocenters. The van der Waals surface area contributed by atoms with Gasteiger partial charge in [0.05, 0.1) is 0 Å². The molecule has 24 heavy (non-hydrogen) atoms. The van der Waals surface area contributed by atoms with E-state index in [2.05, 4.69) is 10.6 Å². The molecule has 0 bridgehead atoms. The van der Waals surface area contributed by atoms with Crippen molar-refractivity contribution in [2.45, 2.75) is 27.2 Å². The van der Waals surface area contributed by atoms with Gasteiger partial charge in [0, 0.05) is 17.6 Å². The first-order valence-electron chi connectivity index (χ1n) is 7.88. The van der Waals surface area contributed by atoms with Gasteiger partial charge in [0.15, 0.2) is 0 Å². The van der Waals surface area contributed by atoms with E-state index in [1.54, 1.807) is 0 Å². The highest BCUT2D eigenvalue weighted by atomic mass is 16.1. The second-order valence-electron chi connectivity index (χ2n) is 5.60. The van der Waals surface area contributed by atoms with Crippen molar-refractivity contribution in [2.24, 2.45) is 0 Å². The molecule has 4 nitrogen and oxygen atoms in total. The fourth-order valence-electron chi connectivity index (χ4n) is 2.42. The molecule has 0 spiro atoms. The number of aryl methyl sites for hydroxylation is 3. The van der Waals surface area contributed by atoms with Crippen molar-refractivity contribution in [3.63, 3.8) is 0 Å². The SMILES string of the molecule is CCc1cccc(C)c1NC(=O)/C(C#N)=C\Nc1cccc(C)c1. The summed E-state index contributed by atoms with van der Waals surface area (Å²) in [5.74, 6) is -0.415. The van der Waals surface area contributed by atoms with Gasteiger partial charge in [0.25, 0.3) is 5.91 Å². The van der Waals surface area contributed by atoms with Gasteiger partial charge in [-0.15, -0.1) is 0 Å². The average Bonchev–Trinajstić information content (AvgIpc) is 2.57. The maximum absolute atomic E-state index is 12.4. The lowest BCUT2D eigenvalue weighted by molar-refractivity contribution is -0.112. The quantitative estimate of drug-likeness (QED) is 0.637. The normalized spacial score (nSPS) is 10.8. The van der Waals surface area contributed by atoms with Crippen LogP contribution in [0.5, 0.6) is 0 Å². The Bertz CT molecular complexity index is 816. The molecule has 122 valence electrons. The number of nitrogens with zero attached hydrogens (tertiary/aromatic N) is 1. The highest BCUT2D eigenvalue weighted by molar-refractivity contribution is 6.07. The monoisotopic (exact) mass is 319 g/mol. The highest BCUT2D eigenvalue weighted by Gasteiger charge is 2.12. The molecule has 4 heteroatoms. The zero-order chi connectivity index (χ0) is 17.5. The first kappa shape index (κ1) is 17.3. The second-order valence-corrected chi connectivity index (χ2v) is 5.60. The lowest BCUT2D eigenvalue weighted by Gasteiger charge is -2.12.